The molecule has 144 valence electrons. The molecule has 0 atom stereocenters. The number of benzene rings is 1. The average molecular weight is 465 g/mol. The summed E-state index contributed by atoms with van der Waals surface area (Å²) in [5.74, 6) is 0. The van der Waals surface area contributed by atoms with Crippen molar-refractivity contribution in [1.82, 2.24) is 4.57 Å². The molecule has 2 aromatic rings. The van der Waals surface area contributed by atoms with Crippen LogP contribution in [0.3, 0.4) is 0 Å². The van der Waals surface area contributed by atoms with Crippen LogP contribution in [-0.4, -0.2) is 17.1 Å². The predicted octanol–water partition coefficient (Wildman–Crippen LogP) is 5.81. The van der Waals surface area contributed by atoms with Crippen molar-refractivity contribution in [1.29, 1.82) is 5.26 Å². The van der Waals surface area contributed by atoms with Crippen molar-refractivity contribution >= 4 is 33.2 Å². The monoisotopic (exact) mass is 463 g/mol. The van der Waals surface area contributed by atoms with E-state index in [1.165, 1.54) is 24.3 Å². The Labute approximate surface area is 167 Å². The topological polar surface area (TPSA) is 59.5 Å². The maximum Gasteiger partial charge on any atom is 0.432 e. The van der Waals surface area contributed by atoms with Crippen molar-refractivity contribution in [3.8, 4) is 17.3 Å². The molecule has 0 aliphatic rings. The van der Waals surface area contributed by atoms with Gasteiger partial charge in [0.2, 0.25) is 6.79 Å². The van der Waals surface area contributed by atoms with Gasteiger partial charge in [0, 0.05) is 5.02 Å². The van der Waals surface area contributed by atoms with E-state index in [1.54, 1.807) is 13.8 Å². The summed E-state index contributed by atoms with van der Waals surface area (Å²) in [7, 11) is 0. The van der Waals surface area contributed by atoms with Gasteiger partial charge in [-0.1, -0.05) is 28.9 Å². The molecule has 27 heavy (non-hydrogen) atoms. The Kier molecular flexibility index (Phi) is 6.92. The molecule has 2 rings (SSSR count). The summed E-state index contributed by atoms with van der Waals surface area (Å²) in [5, 5.41) is 13.5. The number of ether oxygens (including phenoxy) is 1. The zero-order chi connectivity index (χ0) is 20.2. The van der Waals surface area contributed by atoms with E-state index in [0.29, 0.717) is 16.3 Å². The molecule has 0 saturated carbocycles. The number of nitrogens with zero attached hydrogens (tertiary/aromatic N) is 3. The van der Waals surface area contributed by atoms with Crippen molar-refractivity contribution in [2.75, 3.05) is 6.79 Å². The Bertz CT molecular complexity index is 883. The molecule has 1 heterocycles. The normalized spacial score (nSPS) is 11.2. The maximum absolute atomic E-state index is 13.6. The number of nitriles is 1. The van der Waals surface area contributed by atoms with Gasteiger partial charge in [0.05, 0.1) is 21.4 Å². The molecule has 0 fully saturated rings. The van der Waals surface area contributed by atoms with Crippen LogP contribution in [-0.2, 0) is 22.5 Å². The Morgan fingerprint density at radius 1 is 1.30 bits per heavy atom. The molecule has 1 aromatic heterocycles. The van der Waals surface area contributed by atoms with E-state index >= 15 is 0 Å². The van der Waals surface area contributed by atoms with Crippen molar-refractivity contribution in [2.24, 2.45) is 5.16 Å². The Balaban J connectivity index is 2.51. The number of aromatic nitrogens is 1. The molecule has 5 nitrogen and oxygen atoms in total. The van der Waals surface area contributed by atoms with Crippen LogP contribution in [0.25, 0.3) is 11.3 Å². The lowest BCUT2D eigenvalue weighted by Gasteiger charge is -2.15. The Morgan fingerprint density at radius 3 is 2.44 bits per heavy atom. The fourth-order valence-electron chi connectivity index (χ4n) is 2.33. The van der Waals surface area contributed by atoms with Gasteiger partial charge >= 0.3 is 6.18 Å². The van der Waals surface area contributed by atoms with Gasteiger partial charge in [0.15, 0.2) is 0 Å². The minimum absolute atomic E-state index is 0.0588. The van der Waals surface area contributed by atoms with Crippen LogP contribution in [0, 0.1) is 11.3 Å². The molecule has 10 heteroatoms. The van der Waals surface area contributed by atoms with E-state index < -0.39 is 18.6 Å². The summed E-state index contributed by atoms with van der Waals surface area (Å²) >= 11 is 8.76. The second kappa shape index (κ2) is 8.78. The number of rotatable bonds is 6. The molecular weight excluding hydrogens is 451 g/mol. The molecule has 0 unspecified atom stereocenters. The highest BCUT2D eigenvalue weighted by atomic mass is 79.9. The minimum atomic E-state index is -4.71. The minimum Gasteiger partial charge on any atom is -0.367 e. The quantitative estimate of drug-likeness (QED) is 0.235. The molecule has 0 bridgehead atoms. The van der Waals surface area contributed by atoms with Gasteiger partial charge in [-0.2, -0.15) is 18.4 Å². The van der Waals surface area contributed by atoms with Crippen LogP contribution in [0.1, 0.15) is 25.1 Å². The smallest absolute Gasteiger partial charge is 0.367 e. The largest absolute Gasteiger partial charge is 0.432 e. The van der Waals surface area contributed by atoms with E-state index in [0.717, 1.165) is 4.57 Å². The van der Waals surface area contributed by atoms with Gasteiger partial charge < -0.3 is 14.1 Å². The van der Waals surface area contributed by atoms with Gasteiger partial charge in [0.1, 0.15) is 18.5 Å². The zero-order valence-corrected chi connectivity index (χ0v) is 16.6. The number of halogens is 5. The summed E-state index contributed by atoms with van der Waals surface area (Å²) < 4.78 is 46.5. The summed E-state index contributed by atoms with van der Waals surface area (Å²) in [6.45, 7) is 2.55. The summed E-state index contributed by atoms with van der Waals surface area (Å²) in [6, 6.07) is 7.93. The molecule has 0 amide bonds. The third-order valence-corrected chi connectivity index (χ3v) is 4.33. The molecule has 0 N–H and O–H groups in total. The van der Waals surface area contributed by atoms with E-state index in [-0.39, 0.29) is 22.5 Å². The number of alkyl halides is 3. The first-order valence-electron chi connectivity index (χ1n) is 7.53. The first kappa shape index (κ1) is 21.3. The van der Waals surface area contributed by atoms with Gasteiger partial charge in [0.25, 0.3) is 0 Å². The second-order valence-corrected chi connectivity index (χ2v) is 6.78. The Morgan fingerprint density at radius 2 is 1.93 bits per heavy atom. The van der Waals surface area contributed by atoms with Crippen LogP contribution < -0.4 is 0 Å². The fourth-order valence-corrected chi connectivity index (χ4v) is 3.17. The fraction of sp³-hybridized carbons (Fsp3) is 0.294. The Hall–Kier alpha value is -2.02. The first-order chi connectivity index (χ1) is 12.7. The highest BCUT2D eigenvalue weighted by Gasteiger charge is 2.40. The summed E-state index contributed by atoms with van der Waals surface area (Å²) in [6.07, 6.45) is -4.71. The third-order valence-electron chi connectivity index (χ3n) is 3.31. The van der Waals surface area contributed by atoms with Crippen LogP contribution in [0.15, 0.2) is 33.9 Å². The van der Waals surface area contributed by atoms with Gasteiger partial charge in [-0.05, 0) is 47.5 Å². The van der Waals surface area contributed by atoms with Gasteiger partial charge in [-0.15, -0.1) is 0 Å². The summed E-state index contributed by atoms with van der Waals surface area (Å²) in [5.41, 5.74) is -0.106. The standard InChI is InChI=1S/C17H14BrClF3N3O2/c1-10(2)24-27-9-26-8-25-15(11-3-5-12(19)6-4-11)13(7-23)14(18)16(25)17(20,21)22/h3-6H,8-9H2,1-2H3. The summed E-state index contributed by atoms with van der Waals surface area (Å²) in [4.78, 5) is 4.84. The van der Waals surface area contributed by atoms with Gasteiger partial charge in [-0.25, -0.2) is 0 Å². The lowest BCUT2D eigenvalue weighted by molar-refractivity contribution is -0.149. The molecule has 0 aliphatic carbocycles. The molecule has 0 aliphatic heterocycles. The second-order valence-electron chi connectivity index (χ2n) is 5.55. The van der Waals surface area contributed by atoms with E-state index in [4.69, 9.17) is 21.2 Å². The SMILES string of the molecule is CC(C)=NOCOCn1c(-c2ccc(Cl)cc2)c(C#N)c(Br)c1C(F)(F)F. The van der Waals surface area contributed by atoms with Crippen LogP contribution in [0.4, 0.5) is 13.2 Å². The highest BCUT2D eigenvalue weighted by molar-refractivity contribution is 9.10. The number of oxime groups is 1. The lowest BCUT2D eigenvalue weighted by Crippen LogP contribution is -2.17. The molecule has 0 radical (unpaired) electrons. The van der Waals surface area contributed by atoms with Crippen molar-refractivity contribution in [3.05, 3.63) is 45.0 Å². The molecular formula is C17H14BrClF3N3O2. The molecule has 0 saturated heterocycles. The average Bonchev–Trinajstić information content (AvgIpc) is 2.86. The van der Waals surface area contributed by atoms with Crippen molar-refractivity contribution in [2.45, 2.75) is 26.8 Å². The molecule has 1 aromatic carbocycles. The predicted molar refractivity (Wildman–Crippen MR) is 98.1 cm³/mol. The highest BCUT2D eigenvalue weighted by Crippen LogP contribution is 2.43. The maximum atomic E-state index is 13.6. The first-order valence-corrected chi connectivity index (χ1v) is 8.70. The molecule has 0 spiro atoms. The van der Waals surface area contributed by atoms with Crippen LogP contribution >= 0.6 is 27.5 Å². The van der Waals surface area contributed by atoms with Crippen molar-refractivity contribution in [3.63, 3.8) is 0 Å². The number of hydrogen-bond acceptors (Lipinski definition) is 4. The van der Waals surface area contributed by atoms with E-state index in [2.05, 4.69) is 21.1 Å². The zero-order valence-electron chi connectivity index (χ0n) is 14.3. The van der Waals surface area contributed by atoms with E-state index in [1.807, 2.05) is 6.07 Å². The number of hydrogen-bond donors (Lipinski definition) is 0. The lowest BCUT2D eigenvalue weighted by atomic mass is 10.1. The van der Waals surface area contributed by atoms with Crippen LogP contribution in [0.5, 0.6) is 0 Å². The van der Waals surface area contributed by atoms with Crippen molar-refractivity contribution < 1.29 is 22.7 Å². The van der Waals surface area contributed by atoms with E-state index in [9.17, 15) is 18.4 Å². The van der Waals surface area contributed by atoms with Gasteiger partial charge in [-0.3, -0.25) is 0 Å². The third kappa shape index (κ3) is 5.03. The van der Waals surface area contributed by atoms with Crippen LogP contribution in [0.2, 0.25) is 5.02 Å².